The fourth-order valence-corrected chi connectivity index (χ4v) is 3.98. The Morgan fingerprint density at radius 3 is 2.60 bits per heavy atom. The summed E-state index contributed by atoms with van der Waals surface area (Å²) in [6.45, 7) is 5.42. The van der Waals surface area contributed by atoms with Gasteiger partial charge in [0.05, 0.1) is 17.0 Å². The fourth-order valence-electron chi connectivity index (χ4n) is 3.98. The van der Waals surface area contributed by atoms with Crippen molar-refractivity contribution in [1.29, 1.82) is 0 Å². The summed E-state index contributed by atoms with van der Waals surface area (Å²) < 4.78 is 40.8. The monoisotopic (exact) mass is 415 g/mol. The van der Waals surface area contributed by atoms with Crippen molar-refractivity contribution in [2.24, 2.45) is 0 Å². The second-order valence-corrected chi connectivity index (χ2v) is 7.70. The Balaban J connectivity index is 1.70. The predicted octanol–water partition coefficient (Wildman–Crippen LogP) is 5.05. The Hall–Kier alpha value is -2.74. The summed E-state index contributed by atoms with van der Waals surface area (Å²) in [7, 11) is 0. The van der Waals surface area contributed by atoms with Gasteiger partial charge in [0.1, 0.15) is 17.5 Å². The third-order valence-corrected chi connectivity index (χ3v) is 5.61. The molecular weight excluding hydrogens is 391 g/mol. The quantitative estimate of drug-likeness (QED) is 0.611. The van der Waals surface area contributed by atoms with Gasteiger partial charge in [0, 0.05) is 11.8 Å². The number of rotatable bonds is 5. The van der Waals surface area contributed by atoms with Crippen LogP contribution < -0.4 is 10.6 Å². The summed E-state index contributed by atoms with van der Waals surface area (Å²) in [6.07, 6.45) is 1.06. The van der Waals surface area contributed by atoms with Crippen molar-refractivity contribution < 1.29 is 13.2 Å². The molecule has 0 amide bonds. The molecule has 1 atom stereocenters. The van der Waals surface area contributed by atoms with E-state index in [1.54, 1.807) is 13.8 Å². The first-order valence-corrected chi connectivity index (χ1v) is 10.1. The van der Waals surface area contributed by atoms with E-state index >= 15 is 0 Å². The van der Waals surface area contributed by atoms with Crippen LogP contribution in [0.5, 0.6) is 0 Å². The van der Waals surface area contributed by atoms with Gasteiger partial charge in [-0.2, -0.15) is 0 Å². The molecule has 3 aromatic rings. The van der Waals surface area contributed by atoms with E-state index in [1.807, 2.05) is 12.3 Å². The molecule has 1 aromatic carbocycles. The van der Waals surface area contributed by atoms with Crippen molar-refractivity contribution in [2.75, 3.05) is 18.4 Å². The van der Waals surface area contributed by atoms with E-state index < -0.39 is 23.8 Å². The van der Waals surface area contributed by atoms with E-state index in [1.165, 1.54) is 12.1 Å². The van der Waals surface area contributed by atoms with E-state index in [0.29, 0.717) is 23.2 Å². The number of halogens is 3. The Bertz CT molecular complexity index is 1050. The summed E-state index contributed by atoms with van der Waals surface area (Å²) >= 11 is 0. The average Bonchev–Trinajstić information content (AvgIpc) is 2.74. The predicted molar refractivity (Wildman–Crippen MR) is 110 cm³/mol. The number of fused-ring (bicyclic) bond motifs is 1. The van der Waals surface area contributed by atoms with Crippen molar-refractivity contribution in [3.05, 3.63) is 58.8 Å². The minimum Gasteiger partial charge on any atom is -0.363 e. The van der Waals surface area contributed by atoms with Crippen LogP contribution in [0, 0.1) is 12.7 Å². The molecule has 1 aliphatic heterocycles. The number of piperidine rings is 1. The summed E-state index contributed by atoms with van der Waals surface area (Å²) in [5.41, 5.74) is 1.24. The summed E-state index contributed by atoms with van der Waals surface area (Å²) in [5.74, 6) is 0.572. The molecule has 1 saturated heterocycles. The summed E-state index contributed by atoms with van der Waals surface area (Å²) in [5, 5.41) is 7.29. The standard InChI is InChI=1S/C22H24F3N5/c1-12(16-4-3-5-17(19(16)23)20(24)25)28-22-18-10-15(14-6-8-26-9-7-14)11-27-21(18)29-13(2)30-22/h3-5,10-12,14,20,26H,6-9H2,1-2H3,(H,27,28,29,30)/t12-/m1/s1. The van der Waals surface area contributed by atoms with Gasteiger partial charge < -0.3 is 10.6 Å². The number of anilines is 1. The third-order valence-electron chi connectivity index (χ3n) is 5.61. The molecule has 0 bridgehead atoms. The highest BCUT2D eigenvalue weighted by atomic mass is 19.3. The number of hydrogen-bond acceptors (Lipinski definition) is 5. The minimum atomic E-state index is -2.86. The zero-order chi connectivity index (χ0) is 21.3. The summed E-state index contributed by atoms with van der Waals surface area (Å²) in [6, 6.07) is 5.53. The zero-order valence-electron chi connectivity index (χ0n) is 16.9. The summed E-state index contributed by atoms with van der Waals surface area (Å²) in [4.78, 5) is 13.4. The first-order chi connectivity index (χ1) is 14.4. The molecule has 8 heteroatoms. The molecule has 30 heavy (non-hydrogen) atoms. The lowest BCUT2D eigenvalue weighted by molar-refractivity contribution is 0.146. The molecule has 158 valence electrons. The lowest BCUT2D eigenvalue weighted by Crippen LogP contribution is -2.26. The van der Waals surface area contributed by atoms with Crippen molar-refractivity contribution in [1.82, 2.24) is 20.3 Å². The zero-order valence-corrected chi connectivity index (χ0v) is 16.9. The maximum Gasteiger partial charge on any atom is 0.266 e. The van der Waals surface area contributed by atoms with Gasteiger partial charge in [-0.1, -0.05) is 18.2 Å². The van der Waals surface area contributed by atoms with E-state index in [9.17, 15) is 13.2 Å². The molecule has 4 rings (SSSR count). The maximum absolute atomic E-state index is 14.6. The van der Waals surface area contributed by atoms with Crippen LogP contribution in [0.4, 0.5) is 19.0 Å². The van der Waals surface area contributed by atoms with Gasteiger partial charge in [0.2, 0.25) is 0 Å². The molecule has 0 radical (unpaired) electrons. The highest BCUT2D eigenvalue weighted by Crippen LogP contribution is 2.32. The van der Waals surface area contributed by atoms with Crippen LogP contribution >= 0.6 is 0 Å². The van der Waals surface area contributed by atoms with E-state index in [2.05, 4.69) is 25.6 Å². The van der Waals surface area contributed by atoms with Crippen LogP contribution in [-0.4, -0.2) is 28.0 Å². The Kier molecular flexibility index (Phi) is 5.85. The van der Waals surface area contributed by atoms with Crippen LogP contribution in [0.2, 0.25) is 0 Å². The van der Waals surface area contributed by atoms with Crippen molar-refractivity contribution >= 4 is 16.9 Å². The SMILES string of the molecule is Cc1nc(N[C@H](C)c2cccc(C(F)F)c2F)c2cc(C3CCNCC3)cnc2n1. The van der Waals surface area contributed by atoms with Gasteiger partial charge in [-0.05, 0) is 57.3 Å². The lowest BCUT2D eigenvalue weighted by atomic mass is 9.91. The van der Waals surface area contributed by atoms with Gasteiger partial charge in [0.25, 0.3) is 6.43 Å². The van der Waals surface area contributed by atoms with Gasteiger partial charge in [-0.25, -0.2) is 28.1 Å². The Morgan fingerprint density at radius 1 is 1.13 bits per heavy atom. The second kappa shape index (κ2) is 8.55. The highest BCUT2D eigenvalue weighted by molar-refractivity contribution is 5.87. The first-order valence-electron chi connectivity index (χ1n) is 10.1. The number of aryl methyl sites for hydroxylation is 1. The smallest absolute Gasteiger partial charge is 0.266 e. The van der Waals surface area contributed by atoms with Crippen molar-refractivity contribution in [2.45, 2.75) is 45.1 Å². The molecule has 0 saturated carbocycles. The molecule has 2 N–H and O–H groups in total. The average molecular weight is 415 g/mol. The first kappa shape index (κ1) is 20.5. The topological polar surface area (TPSA) is 62.7 Å². The van der Waals surface area contributed by atoms with E-state index in [-0.39, 0.29) is 5.56 Å². The van der Waals surface area contributed by atoms with Crippen molar-refractivity contribution in [3.63, 3.8) is 0 Å². The number of nitrogens with one attached hydrogen (secondary N) is 2. The highest BCUT2D eigenvalue weighted by Gasteiger charge is 2.21. The van der Waals surface area contributed by atoms with Crippen molar-refractivity contribution in [3.8, 4) is 0 Å². The van der Waals surface area contributed by atoms with Gasteiger partial charge in [-0.3, -0.25) is 0 Å². The van der Waals surface area contributed by atoms with Crippen LogP contribution in [0.15, 0.2) is 30.5 Å². The van der Waals surface area contributed by atoms with Gasteiger partial charge >= 0.3 is 0 Å². The Morgan fingerprint density at radius 2 is 1.87 bits per heavy atom. The molecule has 1 aliphatic rings. The number of nitrogens with zero attached hydrogens (tertiary/aromatic N) is 3. The van der Waals surface area contributed by atoms with Crippen LogP contribution in [0.1, 0.15) is 60.7 Å². The number of alkyl halides is 2. The normalized spacial score (nSPS) is 16.2. The minimum absolute atomic E-state index is 0.166. The van der Waals surface area contributed by atoms with E-state index in [0.717, 1.165) is 42.9 Å². The Labute approximate surface area is 173 Å². The number of aromatic nitrogens is 3. The molecule has 1 fully saturated rings. The molecule has 0 aliphatic carbocycles. The molecule has 0 spiro atoms. The molecule has 5 nitrogen and oxygen atoms in total. The lowest BCUT2D eigenvalue weighted by Gasteiger charge is -2.23. The maximum atomic E-state index is 14.6. The number of benzene rings is 1. The van der Waals surface area contributed by atoms with E-state index in [4.69, 9.17) is 0 Å². The van der Waals surface area contributed by atoms with Crippen LogP contribution in [0.25, 0.3) is 11.0 Å². The van der Waals surface area contributed by atoms with Crippen LogP contribution in [-0.2, 0) is 0 Å². The van der Waals surface area contributed by atoms with Gasteiger partial charge in [-0.15, -0.1) is 0 Å². The third kappa shape index (κ3) is 4.09. The fraction of sp³-hybridized carbons (Fsp3) is 0.409. The molecular formula is C22H24F3N5. The second-order valence-electron chi connectivity index (χ2n) is 7.70. The molecule has 3 heterocycles. The number of hydrogen-bond donors (Lipinski definition) is 2. The largest absolute Gasteiger partial charge is 0.363 e. The number of pyridine rings is 1. The molecule has 2 aromatic heterocycles. The van der Waals surface area contributed by atoms with Crippen LogP contribution in [0.3, 0.4) is 0 Å². The molecule has 0 unspecified atom stereocenters. The van der Waals surface area contributed by atoms with Gasteiger partial charge in [0.15, 0.2) is 5.65 Å².